The second-order valence-electron chi connectivity index (χ2n) is 5.87. The van der Waals surface area contributed by atoms with Gasteiger partial charge in [-0.15, -0.1) is 23.2 Å². The van der Waals surface area contributed by atoms with Crippen molar-refractivity contribution in [2.45, 2.75) is 37.9 Å². The van der Waals surface area contributed by atoms with E-state index in [-0.39, 0.29) is 5.91 Å². The first-order valence-corrected chi connectivity index (χ1v) is 8.64. The fourth-order valence-corrected chi connectivity index (χ4v) is 3.12. The maximum atomic E-state index is 12.1. The highest BCUT2D eigenvalue weighted by atomic mass is 35.5. The highest BCUT2D eigenvalue weighted by molar-refractivity contribution is 6.53. The largest absolute Gasteiger partial charge is 0.490 e. The van der Waals surface area contributed by atoms with Crippen molar-refractivity contribution < 1.29 is 14.3 Å². The Morgan fingerprint density at radius 3 is 2.39 bits per heavy atom. The molecule has 128 valence electrons. The van der Waals surface area contributed by atoms with E-state index in [4.69, 9.17) is 32.7 Å². The fourth-order valence-electron chi connectivity index (χ4n) is 2.41. The number of amides is 1. The predicted molar refractivity (Wildman–Crippen MR) is 92.7 cm³/mol. The number of ether oxygens (including phenoxy) is 2. The summed E-state index contributed by atoms with van der Waals surface area (Å²) >= 11 is 12.0. The molecule has 1 saturated carbocycles. The molecule has 1 amide bonds. The molecule has 0 saturated heterocycles. The molecule has 4 nitrogen and oxygen atoms in total. The molecular formula is C17H23Cl2NO3. The normalized spacial score (nSPS) is 21.6. The Bertz CT molecular complexity index is 577. The third-order valence-electron chi connectivity index (χ3n) is 4.07. The minimum absolute atomic E-state index is 0.0986. The number of carbonyl (C=O) groups is 1. The van der Waals surface area contributed by atoms with Gasteiger partial charge in [0.25, 0.3) is 0 Å². The lowest BCUT2D eigenvalue weighted by molar-refractivity contribution is -0.125. The van der Waals surface area contributed by atoms with Gasteiger partial charge in [-0.3, -0.25) is 4.79 Å². The van der Waals surface area contributed by atoms with E-state index in [9.17, 15) is 4.79 Å². The lowest BCUT2D eigenvalue weighted by Gasteiger charge is -2.14. The summed E-state index contributed by atoms with van der Waals surface area (Å²) in [5.41, 5.74) is 0.395. The highest BCUT2D eigenvalue weighted by Gasteiger charge is 2.67. The van der Waals surface area contributed by atoms with E-state index in [1.165, 1.54) is 0 Å². The van der Waals surface area contributed by atoms with Crippen molar-refractivity contribution in [2.75, 3.05) is 19.8 Å². The van der Waals surface area contributed by atoms with Crippen molar-refractivity contribution in [3.63, 3.8) is 0 Å². The summed E-state index contributed by atoms with van der Waals surface area (Å²) in [6, 6.07) is 5.83. The molecule has 23 heavy (non-hydrogen) atoms. The number of halogens is 2. The van der Waals surface area contributed by atoms with Crippen LogP contribution in [0.25, 0.3) is 0 Å². The second-order valence-corrected chi connectivity index (χ2v) is 7.35. The molecule has 1 N–H and O–H groups in total. The molecule has 1 aliphatic carbocycles. The van der Waals surface area contributed by atoms with Gasteiger partial charge in [-0.2, -0.15) is 0 Å². The third kappa shape index (κ3) is 4.04. The number of benzene rings is 1. The van der Waals surface area contributed by atoms with Crippen LogP contribution in [0.15, 0.2) is 18.2 Å². The zero-order valence-electron chi connectivity index (χ0n) is 13.7. The molecule has 0 spiro atoms. The minimum atomic E-state index is -0.932. The van der Waals surface area contributed by atoms with Gasteiger partial charge in [0.05, 0.1) is 18.6 Å². The highest BCUT2D eigenvalue weighted by Crippen LogP contribution is 2.63. The number of alkyl halides is 2. The predicted octanol–water partition coefficient (Wildman–Crippen LogP) is 3.73. The molecule has 0 radical (unpaired) electrons. The van der Waals surface area contributed by atoms with E-state index in [1.807, 2.05) is 32.0 Å². The molecule has 2 rings (SSSR count). The van der Waals surface area contributed by atoms with Crippen molar-refractivity contribution in [1.82, 2.24) is 5.32 Å². The molecule has 0 aromatic heterocycles. The first-order valence-electron chi connectivity index (χ1n) is 7.88. The van der Waals surface area contributed by atoms with E-state index in [1.54, 1.807) is 6.92 Å². The van der Waals surface area contributed by atoms with Gasteiger partial charge in [-0.1, -0.05) is 6.07 Å². The maximum absolute atomic E-state index is 12.1. The van der Waals surface area contributed by atoms with Gasteiger partial charge in [0, 0.05) is 6.54 Å². The van der Waals surface area contributed by atoms with E-state index in [0.29, 0.717) is 32.6 Å². The Kier molecular flexibility index (Phi) is 5.69. The van der Waals surface area contributed by atoms with Gasteiger partial charge in [-0.25, -0.2) is 0 Å². The van der Waals surface area contributed by atoms with Crippen LogP contribution in [0.4, 0.5) is 0 Å². The molecule has 1 aromatic rings. The SMILES string of the molecule is CCOc1ccc(CCNC(=O)C2(C)CC2(Cl)Cl)cc1OCC. The molecule has 1 unspecified atom stereocenters. The quantitative estimate of drug-likeness (QED) is 0.719. The standard InChI is InChI=1S/C17H23Cl2NO3/c1-4-22-13-7-6-12(10-14(13)23-5-2)8-9-20-15(21)16(3)11-17(16,18)19/h6-7,10H,4-5,8-9,11H2,1-3H3,(H,20,21). The van der Waals surface area contributed by atoms with Crippen LogP contribution in [0.3, 0.4) is 0 Å². The summed E-state index contributed by atoms with van der Waals surface area (Å²) in [5, 5.41) is 2.90. The number of nitrogens with one attached hydrogen (secondary N) is 1. The topological polar surface area (TPSA) is 47.6 Å². The molecule has 1 fully saturated rings. The van der Waals surface area contributed by atoms with Gasteiger partial charge >= 0.3 is 0 Å². The Hall–Kier alpha value is -1.13. The first kappa shape index (κ1) is 18.2. The summed E-state index contributed by atoms with van der Waals surface area (Å²) in [4.78, 5) is 12.1. The van der Waals surface area contributed by atoms with Crippen LogP contribution in [0, 0.1) is 5.41 Å². The van der Waals surface area contributed by atoms with Crippen LogP contribution < -0.4 is 14.8 Å². The molecular weight excluding hydrogens is 337 g/mol. The fraction of sp³-hybridized carbons (Fsp3) is 0.588. The van der Waals surface area contributed by atoms with Crippen LogP contribution in [-0.2, 0) is 11.2 Å². The van der Waals surface area contributed by atoms with Crippen LogP contribution in [0.5, 0.6) is 11.5 Å². The van der Waals surface area contributed by atoms with Crippen LogP contribution in [0.2, 0.25) is 0 Å². The smallest absolute Gasteiger partial charge is 0.229 e. The van der Waals surface area contributed by atoms with Crippen molar-refractivity contribution in [2.24, 2.45) is 5.41 Å². The Labute approximate surface area is 147 Å². The van der Waals surface area contributed by atoms with Crippen molar-refractivity contribution in [3.05, 3.63) is 23.8 Å². The Morgan fingerprint density at radius 2 is 1.83 bits per heavy atom. The molecule has 1 atom stereocenters. The van der Waals surface area contributed by atoms with Gasteiger partial charge < -0.3 is 14.8 Å². The van der Waals surface area contributed by atoms with Crippen LogP contribution in [0.1, 0.15) is 32.8 Å². The summed E-state index contributed by atoms with van der Waals surface area (Å²) in [5.74, 6) is 1.37. The average molecular weight is 360 g/mol. The summed E-state index contributed by atoms with van der Waals surface area (Å²) in [7, 11) is 0. The maximum Gasteiger partial charge on any atom is 0.229 e. The summed E-state index contributed by atoms with van der Waals surface area (Å²) < 4.78 is 10.2. The number of hydrogen-bond acceptors (Lipinski definition) is 3. The second kappa shape index (κ2) is 7.18. The Morgan fingerprint density at radius 1 is 1.22 bits per heavy atom. The van der Waals surface area contributed by atoms with Crippen LogP contribution >= 0.6 is 23.2 Å². The molecule has 0 heterocycles. The van der Waals surface area contributed by atoms with E-state index in [0.717, 1.165) is 17.1 Å². The van der Waals surface area contributed by atoms with Gasteiger partial charge in [0.1, 0.15) is 4.33 Å². The zero-order chi connectivity index (χ0) is 17.1. The van der Waals surface area contributed by atoms with Gasteiger partial charge in [0.2, 0.25) is 5.91 Å². The van der Waals surface area contributed by atoms with Crippen LogP contribution in [-0.4, -0.2) is 30.0 Å². The third-order valence-corrected chi connectivity index (χ3v) is 5.17. The average Bonchev–Trinajstić information content (AvgIpc) is 3.02. The van der Waals surface area contributed by atoms with Crippen molar-refractivity contribution in [3.8, 4) is 11.5 Å². The molecule has 0 bridgehead atoms. The molecule has 1 aliphatic rings. The summed E-state index contributed by atoms with van der Waals surface area (Å²) in [6.07, 6.45) is 1.19. The lowest BCUT2D eigenvalue weighted by Crippen LogP contribution is -2.34. The van der Waals surface area contributed by atoms with E-state index >= 15 is 0 Å². The number of rotatable bonds is 8. The van der Waals surface area contributed by atoms with E-state index < -0.39 is 9.75 Å². The molecule has 1 aromatic carbocycles. The lowest BCUT2D eigenvalue weighted by atomic mass is 10.1. The van der Waals surface area contributed by atoms with Crippen molar-refractivity contribution >= 4 is 29.1 Å². The van der Waals surface area contributed by atoms with Gasteiger partial charge in [0.15, 0.2) is 11.5 Å². The zero-order valence-corrected chi connectivity index (χ0v) is 15.3. The Balaban J connectivity index is 1.91. The van der Waals surface area contributed by atoms with Crippen molar-refractivity contribution in [1.29, 1.82) is 0 Å². The first-order chi connectivity index (χ1) is 10.8. The number of hydrogen-bond donors (Lipinski definition) is 1. The monoisotopic (exact) mass is 359 g/mol. The minimum Gasteiger partial charge on any atom is -0.490 e. The summed E-state index contributed by atoms with van der Waals surface area (Å²) in [6.45, 7) is 7.35. The van der Waals surface area contributed by atoms with E-state index in [2.05, 4.69) is 5.32 Å². The molecule has 0 aliphatic heterocycles. The molecule has 6 heteroatoms. The van der Waals surface area contributed by atoms with Gasteiger partial charge in [-0.05, 0) is 51.3 Å². The number of carbonyl (C=O) groups excluding carboxylic acids is 1.